The van der Waals surface area contributed by atoms with Gasteiger partial charge in [0.05, 0.1) is 29.5 Å². The lowest BCUT2D eigenvalue weighted by molar-refractivity contribution is -0.0125. The molecule has 0 N–H and O–H groups in total. The quantitative estimate of drug-likeness (QED) is 0.805. The van der Waals surface area contributed by atoms with Crippen molar-refractivity contribution in [2.24, 2.45) is 0 Å². The van der Waals surface area contributed by atoms with Gasteiger partial charge in [-0.2, -0.15) is 0 Å². The Morgan fingerprint density at radius 3 is 3.14 bits per heavy atom. The van der Waals surface area contributed by atoms with Crippen molar-refractivity contribution >= 4 is 29.0 Å². The molecule has 1 aromatic heterocycles. The fraction of sp³-hybridized carbons (Fsp3) is 0.375. The van der Waals surface area contributed by atoms with Gasteiger partial charge in [0.15, 0.2) is 0 Å². The molecule has 2 heterocycles. The third-order valence-electron chi connectivity index (χ3n) is 3.50. The van der Waals surface area contributed by atoms with Crippen LogP contribution in [0.15, 0.2) is 40.1 Å². The predicted molar refractivity (Wildman–Crippen MR) is 89.4 cm³/mol. The summed E-state index contributed by atoms with van der Waals surface area (Å²) >= 11 is 3.26. The molecule has 4 nitrogen and oxygen atoms in total. The van der Waals surface area contributed by atoms with E-state index in [4.69, 9.17) is 4.74 Å². The van der Waals surface area contributed by atoms with E-state index in [0.717, 1.165) is 21.9 Å². The third kappa shape index (κ3) is 3.69. The molecule has 0 aliphatic carbocycles. The number of aromatic nitrogens is 1. The molecule has 1 aromatic carbocycles. The van der Waals surface area contributed by atoms with Gasteiger partial charge in [0, 0.05) is 29.1 Å². The van der Waals surface area contributed by atoms with Crippen molar-refractivity contribution in [3.8, 4) is 0 Å². The summed E-state index contributed by atoms with van der Waals surface area (Å²) in [6.07, 6.45) is 0.104. The smallest absolute Gasteiger partial charge is 0.255 e. The topological polar surface area (TPSA) is 42.4 Å². The van der Waals surface area contributed by atoms with Crippen LogP contribution >= 0.6 is 23.1 Å². The minimum Gasteiger partial charge on any atom is -0.375 e. The van der Waals surface area contributed by atoms with Gasteiger partial charge >= 0.3 is 0 Å². The van der Waals surface area contributed by atoms with Crippen LogP contribution in [0.2, 0.25) is 0 Å². The summed E-state index contributed by atoms with van der Waals surface area (Å²) in [5.74, 6) is 0.879. The van der Waals surface area contributed by atoms with E-state index in [1.807, 2.05) is 47.0 Å². The van der Waals surface area contributed by atoms with Gasteiger partial charge in [0.25, 0.3) is 5.91 Å². The molecule has 22 heavy (non-hydrogen) atoms. The molecule has 3 rings (SSSR count). The first-order chi connectivity index (χ1) is 10.7. The van der Waals surface area contributed by atoms with Crippen molar-refractivity contribution in [3.05, 3.63) is 46.4 Å². The number of morpholine rings is 1. The average molecular weight is 334 g/mol. The zero-order valence-corrected chi connectivity index (χ0v) is 14.0. The van der Waals surface area contributed by atoms with Crippen LogP contribution < -0.4 is 0 Å². The van der Waals surface area contributed by atoms with Crippen LogP contribution in [0, 0.1) is 0 Å². The van der Waals surface area contributed by atoms with E-state index < -0.39 is 0 Å². The Morgan fingerprint density at radius 2 is 2.36 bits per heavy atom. The normalized spacial score (nSPS) is 18.4. The summed E-state index contributed by atoms with van der Waals surface area (Å²) in [4.78, 5) is 20.0. The van der Waals surface area contributed by atoms with Crippen LogP contribution in [0.25, 0.3) is 0 Å². The lowest BCUT2D eigenvalue weighted by atomic mass is 10.2. The van der Waals surface area contributed by atoms with Crippen molar-refractivity contribution < 1.29 is 9.53 Å². The summed E-state index contributed by atoms with van der Waals surface area (Å²) < 4.78 is 5.51. The molecule has 116 valence electrons. The molecule has 1 aliphatic heterocycles. The molecular weight excluding hydrogens is 316 g/mol. The maximum atomic E-state index is 12.8. The predicted octanol–water partition coefficient (Wildman–Crippen LogP) is 3.30. The minimum absolute atomic E-state index is 0.0940. The SMILES string of the molecule is CC1CN(C(=O)c2ccccc2SCc2cscn2)CCO1. The monoisotopic (exact) mass is 334 g/mol. The van der Waals surface area contributed by atoms with Crippen molar-refractivity contribution in [1.82, 2.24) is 9.88 Å². The molecule has 1 unspecified atom stereocenters. The van der Waals surface area contributed by atoms with E-state index in [9.17, 15) is 4.79 Å². The van der Waals surface area contributed by atoms with Crippen molar-refractivity contribution in [2.75, 3.05) is 19.7 Å². The Kier molecular flexibility index (Phi) is 5.12. The van der Waals surface area contributed by atoms with Crippen LogP contribution in [0.3, 0.4) is 0 Å². The molecular formula is C16H18N2O2S2. The number of ether oxygens (including phenoxy) is 1. The molecule has 1 atom stereocenters. The van der Waals surface area contributed by atoms with Crippen LogP contribution in [0.1, 0.15) is 23.0 Å². The Bertz CT molecular complexity index is 631. The van der Waals surface area contributed by atoms with Gasteiger partial charge in [-0.3, -0.25) is 4.79 Å². The molecule has 2 aromatic rings. The molecule has 1 aliphatic rings. The van der Waals surface area contributed by atoms with E-state index in [1.165, 1.54) is 0 Å². The lowest BCUT2D eigenvalue weighted by Crippen LogP contribution is -2.44. The summed E-state index contributed by atoms with van der Waals surface area (Å²) in [5.41, 5.74) is 3.66. The van der Waals surface area contributed by atoms with Gasteiger partial charge in [-0.15, -0.1) is 23.1 Å². The molecule has 0 radical (unpaired) electrons. The first-order valence-corrected chi connectivity index (χ1v) is 9.16. The number of amides is 1. The van der Waals surface area contributed by atoms with Gasteiger partial charge in [-0.25, -0.2) is 4.98 Å². The number of hydrogen-bond donors (Lipinski definition) is 0. The highest BCUT2D eigenvalue weighted by molar-refractivity contribution is 7.98. The van der Waals surface area contributed by atoms with Crippen LogP contribution in [-0.4, -0.2) is 41.6 Å². The van der Waals surface area contributed by atoms with E-state index in [0.29, 0.717) is 19.7 Å². The zero-order chi connectivity index (χ0) is 15.4. The molecule has 0 saturated carbocycles. The Hall–Kier alpha value is -1.37. The Labute approximate surface area is 138 Å². The number of thiazole rings is 1. The first-order valence-electron chi connectivity index (χ1n) is 7.24. The van der Waals surface area contributed by atoms with E-state index in [2.05, 4.69) is 4.98 Å². The molecule has 1 saturated heterocycles. The second-order valence-electron chi connectivity index (χ2n) is 5.20. The molecule has 1 fully saturated rings. The molecule has 0 spiro atoms. The number of hydrogen-bond acceptors (Lipinski definition) is 5. The van der Waals surface area contributed by atoms with Crippen LogP contribution in [0.4, 0.5) is 0 Å². The van der Waals surface area contributed by atoms with Gasteiger partial charge < -0.3 is 9.64 Å². The number of carbonyl (C=O) groups excluding carboxylic acids is 1. The average Bonchev–Trinajstić information content (AvgIpc) is 3.06. The standard InChI is InChI=1S/C16H18N2O2S2/c1-12-8-18(6-7-20-12)16(19)14-4-2-3-5-15(14)22-10-13-9-21-11-17-13/h2-5,9,11-12H,6-8,10H2,1H3. The Balaban J connectivity index is 1.73. The lowest BCUT2D eigenvalue weighted by Gasteiger charge is -2.31. The van der Waals surface area contributed by atoms with Gasteiger partial charge in [-0.1, -0.05) is 12.1 Å². The summed E-state index contributed by atoms with van der Waals surface area (Å²) in [6.45, 7) is 3.93. The first kappa shape index (κ1) is 15.5. The fourth-order valence-corrected chi connectivity index (χ4v) is 4.01. The summed E-state index contributed by atoms with van der Waals surface area (Å²) in [7, 11) is 0. The highest BCUT2D eigenvalue weighted by atomic mass is 32.2. The second kappa shape index (κ2) is 7.26. The number of benzene rings is 1. The van der Waals surface area contributed by atoms with E-state index in [-0.39, 0.29) is 12.0 Å². The number of thioether (sulfide) groups is 1. The zero-order valence-electron chi connectivity index (χ0n) is 12.4. The molecule has 6 heteroatoms. The van der Waals surface area contributed by atoms with Crippen molar-refractivity contribution in [3.63, 3.8) is 0 Å². The van der Waals surface area contributed by atoms with Crippen molar-refractivity contribution in [2.45, 2.75) is 23.7 Å². The van der Waals surface area contributed by atoms with Gasteiger partial charge in [0.2, 0.25) is 0 Å². The Morgan fingerprint density at radius 1 is 1.50 bits per heavy atom. The van der Waals surface area contributed by atoms with Crippen LogP contribution in [-0.2, 0) is 10.5 Å². The maximum Gasteiger partial charge on any atom is 0.255 e. The van der Waals surface area contributed by atoms with Gasteiger partial charge in [0.1, 0.15) is 0 Å². The number of rotatable bonds is 4. The van der Waals surface area contributed by atoms with E-state index >= 15 is 0 Å². The maximum absolute atomic E-state index is 12.8. The number of nitrogens with zero attached hydrogens (tertiary/aromatic N) is 2. The largest absolute Gasteiger partial charge is 0.375 e. The fourth-order valence-electron chi connectivity index (χ4n) is 2.40. The molecule has 0 bridgehead atoms. The van der Waals surface area contributed by atoms with E-state index in [1.54, 1.807) is 23.1 Å². The molecule has 1 amide bonds. The summed E-state index contributed by atoms with van der Waals surface area (Å²) in [6, 6.07) is 7.81. The van der Waals surface area contributed by atoms with Crippen molar-refractivity contribution in [1.29, 1.82) is 0 Å². The minimum atomic E-state index is 0.0940. The highest BCUT2D eigenvalue weighted by Gasteiger charge is 2.24. The van der Waals surface area contributed by atoms with Crippen LogP contribution in [0.5, 0.6) is 0 Å². The number of carbonyl (C=O) groups is 1. The highest BCUT2D eigenvalue weighted by Crippen LogP contribution is 2.27. The van der Waals surface area contributed by atoms with Gasteiger partial charge in [-0.05, 0) is 19.1 Å². The summed E-state index contributed by atoms with van der Waals surface area (Å²) in [5, 5.41) is 2.04. The third-order valence-corrected chi connectivity index (χ3v) is 5.25. The second-order valence-corrected chi connectivity index (χ2v) is 6.93.